The van der Waals surface area contributed by atoms with E-state index in [-0.39, 0.29) is 17.2 Å². The molecule has 0 heterocycles. The maximum atomic E-state index is 9.87. The van der Waals surface area contributed by atoms with Crippen molar-refractivity contribution in [3.8, 4) is 11.5 Å². The lowest BCUT2D eigenvalue weighted by Gasteiger charge is -2.12. The van der Waals surface area contributed by atoms with Gasteiger partial charge in [0, 0.05) is 36.9 Å². The zero-order valence-electron chi connectivity index (χ0n) is 11.1. The SMILES string of the molecule is CN(C)c1ccc(N=Nc2ccc(Cl)cc2O)c(O)c1. The average molecular weight is 292 g/mol. The molecule has 0 bridgehead atoms. The summed E-state index contributed by atoms with van der Waals surface area (Å²) in [4.78, 5) is 1.87. The monoisotopic (exact) mass is 291 g/mol. The van der Waals surface area contributed by atoms with E-state index in [4.69, 9.17) is 11.6 Å². The van der Waals surface area contributed by atoms with Gasteiger partial charge in [0.15, 0.2) is 0 Å². The van der Waals surface area contributed by atoms with Crippen LogP contribution in [0.3, 0.4) is 0 Å². The second-order valence-corrected chi connectivity index (χ2v) is 4.84. The first-order valence-corrected chi connectivity index (χ1v) is 6.26. The van der Waals surface area contributed by atoms with Gasteiger partial charge in [-0.3, -0.25) is 0 Å². The maximum absolute atomic E-state index is 9.87. The van der Waals surface area contributed by atoms with Gasteiger partial charge in [-0.1, -0.05) is 11.6 Å². The normalized spacial score (nSPS) is 10.9. The number of phenols is 2. The van der Waals surface area contributed by atoms with Gasteiger partial charge in [-0.25, -0.2) is 0 Å². The minimum absolute atomic E-state index is 0.0217. The number of halogens is 1. The van der Waals surface area contributed by atoms with Gasteiger partial charge in [0.25, 0.3) is 0 Å². The van der Waals surface area contributed by atoms with Gasteiger partial charge in [0.05, 0.1) is 0 Å². The Hall–Kier alpha value is -2.27. The molecule has 2 aromatic carbocycles. The van der Waals surface area contributed by atoms with Crippen molar-refractivity contribution in [2.24, 2.45) is 10.2 Å². The predicted molar refractivity (Wildman–Crippen MR) is 79.7 cm³/mol. The van der Waals surface area contributed by atoms with Crippen LogP contribution in [0.2, 0.25) is 5.02 Å². The molecule has 6 heteroatoms. The van der Waals surface area contributed by atoms with Crippen molar-refractivity contribution in [1.82, 2.24) is 0 Å². The molecule has 20 heavy (non-hydrogen) atoms. The average Bonchev–Trinajstić information content (AvgIpc) is 2.38. The summed E-state index contributed by atoms with van der Waals surface area (Å²) in [7, 11) is 3.75. The molecule has 0 saturated heterocycles. The molecule has 0 aliphatic rings. The second-order valence-electron chi connectivity index (χ2n) is 4.40. The van der Waals surface area contributed by atoms with E-state index >= 15 is 0 Å². The van der Waals surface area contributed by atoms with E-state index in [0.717, 1.165) is 5.69 Å². The van der Waals surface area contributed by atoms with Crippen molar-refractivity contribution in [3.63, 3.8) is 0 Å². The summed E-state index contributed by atoms with van der Waals surface area (Å²) >= 11 is 5.73. The Morgan fingerprint density at radius 3 is 1.95 bits per heavy atom. The zero-order chi connectivity index (χ0) is 14.7. The molecule has 0 atom stereocenters. The van der Waals surface area contributed by atoms with Gasteiger partial charge >= 0.3 is 0 Å². The van der Waals surface area contributed by atoms with Crippen LogP contribution >= 0.6 is 11.6 Å². The molecule has 104 valence electrons. The first kappa shape index (κ1) is 14.1. The fraction of sp³-hybridized carbons (Fsp3) is 0.143. The molecule has 0 amide bonds. The third-order valence-corrected chi connectivity index (χ3v) is 2.91. The van der Waals surface area contributed by atoms with Gasteiger partial charge in [-0.2, -0.15) is 0 Å². The van der Waals surface area contributed by atoms with Crippen LogP contribution in [0.4, 0.5) is 17.1 Å². The lowest BCUT2D eigenvalue weighted by atomic mass is 10.2. The van der Waals surface area contributed by atoms with E-state index in [1.54, 1.807) is 24.3 Å². The highest BCUT2D eigenvalue weighted by molar-refractivity contribution is 6.30. The molecule has 0 spiro atoms. The van der Waals surface area contributed by atoms with Crippen molar-refractivity contribution >= 4 is 28.7 Å². The summed E-state index contributed by atoms with van der Waals surface area (Å²) in [6.07, 6.45) is 0. The highest BCUT2D eigenvalue weighted by Gasteiger charge is 2.04. The summed E-state index contributed by atoms with van der Waals surface area (Å²) in [5, 5.41) is 27.7. The molecule has 2 N–H and O–H groups in total. The van der Waals surface area contributed by atoms with Crippen molar-refractivity contribution in [2.45, 2.75) is 0 Å². The van der Waals surface area contributed by atoms with Gasteiger partial charge in [-0.15, -0.1) is 10.2 Å². The molecule has 0 radical (unpaired) electrons. The Morgan fingerprint density at radius 2 is 1.45 bits per heavy atom. The molecule has 2 aromatic rings. The summed E-state index contributed by atoms with van der Waals surface area (Å²) in [6, 6.07) is 9.59. The largest absolute Gasteiger partial charge is 0.506 e. The maximum Gasteiger partial charge on any atom is 0.145 e. The number of anilines is 1. The minimum Gasteiger partial charge on any atom is -0.506 e. The number of hydrogen-bond donors (Lipinski definition) is 2. The van der Waals surface area contributed by atoms with Gasteiger partial charge in [0.2, 0.25) is 0 Å². The quantitative estimate of drug-likeness (QED) is 0.831. The van der Waals surface area contributed by atoms with Crippen molar-refractivity contribution in [1.29, 1.82) is 0 Å². The van der Waals surface area contributed by atoms with E-state index < -0.39 is 0 Å². The highest BCUT2D eigenvalue weighted by Crippen LogP contribution is 2.34. The number of rotatable bonds is 3. The Balaban J connectivity index is 2.27. The highest BCUT2D eigenvalue weighted by atomic mass is 35.5. The molecular formula is C14H14ClN3O2. The topological polar surface area (TPSA) is 68.4 Å². The Labute approximate surface area is 121 Å². The molecule has 0 fully saturated rings. The molecule has 0 saturated carbocycles. The number of phenolic OH excluding ortho intramolecular Hbond substituents is 2. The fourth-order valence-electron chi connectivity index (χ4n) is 1.56. The van der Waals surface area contributed by atoms with Crippen LogP contribution in [-0.2, 0) is 0 Å². The van der Waals surface area contributed by atoms with E-state index in [0.29, 0.717) is 10.7 Å². The van der Waals surface area contributed by atoms with Gasteiger partial charge in [-0.05, 0) is 24.3 Å². The molecular weight excluding hydrogens is 278 g/mol. The number of azo groups is 1. The summed E-state index contributed by atoms with van der Waals surface area (Å²) in [5.41, 5.74) is 1.46. The second kappa shape index (κ2) is 5.79. The predicted octanol–water partition coefficient (Wildman–Crippen LogP) is 4.23. The smallest absolute Gasteiger partial charge is 0.145 e. The Bertz CT molecular complexity index is 657. The van der Waals surface area contributed by atoms with Crippen molar-refractivity contribution in [2.75, 3.05) is 19.0 Å². The number of benzene rings is 2. The van der Waals surface area contributed by atoms with Crippen LogP contribution in [0.15, 0.2) is 46.6 Å². The van der Waals surface area contributed by atoms with Crippen LogP contribution in [0.25, 0.3) is 0 Å². The zero-order valence-corrected chi connectivity index (χ0v) is 11.8. The van der Waals surface area contributed by atoms with Crippen LogP contribution in [0.5, 0.6) is 11.5 Å². The van der Waals surface area contributed by atoms with Crippen LogP contribution in [-0.4, -0.2) is 24.3 Å². The third kappa shape index (κ3) is 3.19. The molecule has 0 aliphatic carbocycles. The lowest BCUT2D eigenvalue weighted by Crippen LogP contribution is -2.07. The van der Waals surface area contributed by atoms with Crippen LogP contribution in [0, 0.1) is 0 Å². The Morgan fingerprint density at radius 1 is 0.900 bits per heavy atom. The van der Waals surface area contributed by atoms with E-state index in [2.05, 4.69) is 10.2 Å². The third-order valence-electron chi connectivity index (χ3n) is 2.68. The summed E-state index contributed by atoms with van der Waals surface area (Å²) in [6.45, 7) is 0. The van der Waals surface area contributed by atoms with E-state index in [1.807, 2.05) is 25.1 Å². The first-order valence-electron chi connectivity index (χ1n) is 5.88. The number of hydrogen-bond acceptors (Lipinski definition) is 5. The van der Waals surface area contributed by atoms with E-state index in [1.165, 1.54) is 6.07 Å². The van der Waals surface area contributed by atoms with Gasteiger partial charge in [0.1, 0.15) is 22.9 Å². The summed E-state index contributed by atoms with van der Waals surface area (Å²) < 4.78 is 0. The summed E-state index contributed by atoms with van der Waals surface area (Å²) in [5.74, 6) is -0.0425. The molecule has 0 unspecified atom stereocenters. The molecule has 2 rings (SSSR count). The number of nitrogens with zero attached hydrogens (tertiary/aromatic N) is 3. The first-order chi connectivity index (χ1) is 9.47. The van der Waals surface area contributed by atoms with E-state index in [9.17, 15) is 10.2 Å². The van der Waals surface area contributed by atoms with Crippen molar-refractivity contribution in [3.05, 3.63) is 41.4 Å². The van der Waals surface area contributed by atoms with Crippen LogP contribution < -0.4 is 4.90 Å². The van der Waals surface area contributed by atoms with Crippen molar-refractivity contribution < 1.29 is 10.2 Å². The molecule has 0 aromatic heterocycles. The Kier molecular flexibility index (Phi) is 4.10. The number of aromatic hydroxyl groups is 2. The molecule has 5 nitrogen and oxygen atoms in total. The lowest BCUT2D eigenvalue weighted by molar-refractivity contribution is 0.474. The standard InChI is InChI=1S/C14H14ClN3O2/c1-18(2)10-4-6-12(14(20)8-10)17-16-11-5-3-9(15)7-13(11)19/h3-8,19-20H,1-2H3. The molecule has 0 aliphatic heterocycles. The van der Waals surface area contributed by atoms with Gasteiger partial charge < -0.3 is 15.1 Å². The minimum atomic E-state index is -0.0642. The van der Waals surface area contributed by atoms with Crippen LogP contribution in [0.1, 0.15) is 0 Å². The fourth-order valence-corrected chi connectivity index (χ4v) is 1.73.